The zero-order valence-corrected chi connectivity index (χ0v) is 12.1. The van der Waals surface area contributed by atoms with Crippen molar-refractivity contribution < 1.29 is 0 Å². The van der Waals surface area contributed by atoms with E-state index in [1.54, 1.807) is 0 Å². The van der Waals surface area contributed by atoms with E-state index in [4.69, 9.17) is 5.84 Å². The number of rotatable bonds is 2. The SMILES string of the molecule is Cc1cc(C)c(-c2nc(C)c(C)c(NN)n2)c(C)c1. The summed E-state index contributed by atoms with van der Waals surface area (Å²) < 4.78 is 0. The second-order valence-corrected chi connectivity index (χ2v) is 5.02. The maximum absolute atomic E-state index is 5.53. The number of anilines is 1. The lowest BCUT2D eigenvalue weighted by Gasteiger charge is -2.13. The molecular formula is C15H20N4. The van der Waals surface area contributed by atoms with E-state index < -0.39 is 0 Å². The topological polar surface area (TPSA) is 63.8 Å². The Hall–Kier alpha value is -1.94. The van der Waals surface area contributed by atoms with E-state index in [9.17, 15) is 0 Å². The lowest BCUT2D eigenvalue weighted by atomic mass is 9.99. The smallest absolute Gasteiger partial charge is 0.162 e. The normalized spacial score (nSPS) is 10.6. The molecule has 0 bridgehead atoms. The third-order valence-corrected chi connectivity index (χ3v) is 3.43. The van der Waals surface area contributed by atoms with Crippen LogP contribution in [-0.4, -0.2) is 9.97 Å². The van der Waals surface area contributed by atoms with Gasteiger partial charge in [0.25, 0.3) is 0 Å². The van der Waals surface area contributed by atoms with Gasteiger partial charge >= 0.3 is 0 Å². The average Bonchev–Trinajstić information content (AvgIpc) is 2.32. The summed E-state index contributed by atoms with van der Waals surface area (Å²) in [5.41, 5.74) is 9.27. The highest BCUT2D eigenvalue weighted by molar-refractivity contribution is 5.67. The molecule has 0 amide bonds. The molecule has 0 saturated heterocycles. The van der Waals surface area contributed by atoms with Crippen LogP contribution >= 0.6 is 0 Å². The predicted molar refractivity (Wildman–Crippen MR) is 79.0 cm³/mol. The van der Waals surface area contributed by atoms with Gasteiger partial charge in [-0.25, -0.2) is 15.8 Å². The summed E-state index contributed by atoms with van der Waals surface area (Å²) in [6, 6.07) is 4.30. The predicted octanol–water partition coefficient (Wildman–Crippen LogP) is 2.97. The van der Waals surface area contributed by atoms with Crippen LogP contribution < -0.4 is 11.3 Å². The molecule has 100 valence electrons. The van der Waals surface area contributed by atoms with E-state index in [0.29, 0.717) is 5.82 Å². The second-order valence-electron chi connectivity index (χ2n) is 5.02. The number of aromatic nitrogens is 2. The van der Waals surface area contributed by atoms with Gasteiger partial charge in [-0.1, -0.05) is 17.7 Å². The van der Waals surface area contributed by atoms with E-state index in [-0.39, 0.29) is 0 Å². The average molecular weight is 256 g/mol. The van der Waals surface area contributed by atoms with E-state index in [0.717, 1.165) is 22.6 Å². The molecule has 0 unspecified atom stereocenters. The van der Waals surface area contributed by atoms with Crippen LogP contribution in [0.15, 0.2) is 12.1 Å². The molecule has 0 fully saturated rings. The fourth-order valence-electron chi connectivity index (χ4n) is 2.41. The fourth-order valence-corrected chi connectivity index (χ4v) is 2.41. The molecule has 4 heteroatoms. The van der Waals surface area contributed by atoms with E-state index in [2.05, 4.69) is 48.3 Å². The Balaban J connectivity index is 2.69. The van der Waals surface area contributed by atoms with Gasteiger partial charge in [0.15, 0.2) is 5.82 Å². The van der Waals surface area contributed by atoms with Crippen LogP contribution in [0.4, 0.5) is 5.82 Å². The van der Waals surface area contributed by atoms with E-state index >= 15 is 0 Å². The summed E-state index contributed by atoms with van der Waals surface area (Å²) in [5.74, 6) is 6.94. The first-order valence-corrected chi connectivity index (χ1v) is 6.34. The van der Waals surface area contributed by atoms with Crippen molar-refractivity contribution in [3.05, 3.63) is 40.1 Å². The Bertz CT molecular complexity index is 609. The van der Waals surface area contributed by atoms with Crippen molar-refractivity contribution in [2.24, 2.45) is 5.84 Å². The maximum atomic E-state index is 5.53. The molecule has 0 aliphatic heterocycles. The summed E-state index contributed by atoms with van der Waals surface area (Å²) in [7, 11) is 0. The minimum Gasteiger partial charge on any atom is -0.308 e. The molecule has 1 heterocycles. The first-order valence-electron chi connectivity index (χ1n) is 6.34. The van der Waals surface area contributed by atoms with Crippen molar-refractivity contribution in [1.82, 2.24) is 9.97 Å². The number of nitrogen functional groups attached to an aromatic ring is 1. The lowest BCUT2D eigenvalue weighted by Crippen LogP contribution is -2.12. The zero-order valence-electron chi connectivity index (χ0n) is 12.1. The summed E-state index contributed by atoms with van der Waals surface area (Å²) in [6.07, 6.45) is 0. The molecule has 0 aliphatic rings. The van der Waals surface area contributed by atoms with Crippen LogP contribution in [0.1, 0.15) is 27.9 Å². The molecule has 19 heavy (non-hydrogen) atoms. The van der Waals surface area contributed by atoms with Crippen molar-refractivity contribution in [3.8, 4) is 11.4 Å². The zero-order chi connectivity index (χ0) is 14.2. The minimum absolute atomic E-state index is 0.682. The molecule has 1 aromatic heterocycles. The first kappa shape index (κ1) is 13.5. The maximum Gasteiger partial charge on any atom is 0.162 e. The highest BCUT2D eigenvalue weighted by Gasteiger charge is 2.13. The van der Waals surface area contributed by atoms with Crippen LogP contribution in [0.5, 0.6) is 0 Å². The number of nitrogens with two attached hydrogens (primary N) is 1. The van der Waals surface area contributed by atoms with Crippen LogP contribution in [0.3, 0.4) is 0 Å². The summed E-state index contributed by atoms with van der Waals surface area (Å²) in [4.78, 5) is 9.12. The van der Waals surface area contributed by atoms with Gasteiger partial charge in [0, 0.05) is 16.8 Å². The molecule has 3 N–H and O–H groups in total. The Labute approximate surface area is 114 Å². The summed E-state index contributed by atoms with van der Waals surface area (Å²) in [5, 5.41) is 0. The molecule has 0 spiro atoms. The van der Waals surface area contributed by atoms with Crippen molar-refractivity contribution in [3.63, 3.8) is 0 Å². The third-order valence-electron chi connectivity index (χ3n) is 3.43. The number of nitrogens with zero attached hydrogens (tertiary/aromatic N) is 2. The number of benzene rings is 1. The molecule has 2 aromatic rings. The fraction of sp³-hybridized carbons (Fsp3) is 0.333. The molecule has 0 atom stereocenters. The van der Waals surface area contributed by atoms with Gasteiger partial charge in [-0.15, -0.1) is 0 Å². The quantitative estimate of drug-likeness (QED) is 0.640. The van der Waals surface area contributed by atoms with Gasteiger partial charge < -0.3 is 5.43 Å². The van der Waals surface area contributed by atoms with Gasteiger partial charge in [0.2, 0.25) is 0 Å². The third kappa shape index (κ3) is 2.44. The molecule has 1 aromatic carbocycles. The number of hydrogen-bond donors (Lipinski definition) is 2. The molecule has 2 rings (SSSR count). The highest BCUT2D eigenvalue weighted by Crippen LogP contribution is 2.27. The highest BCUT2D eigenvalue weighted by atomic mass is 15.3. The van der Waals surface area contributed by atoms with Crippen LogP contribution in [0, 0.1) is 34.6 Å². The summed E-state index contributed by atoms with van der Waals surface area (Å²) >= 11 is 0. The van der Waals surface area contributed by atoms with Crippen LogP contribution in [0.25, 0.3) is 11.4 Å². The molecule has 4 nitrogen and oxygen atoms in total. The second kappa shape index (κ2) is 4.97. The van der Waals surface area contributed by atoms with Crippen LogP contribution in [-0.2, 0) is 0 Å². The number of nitrogens with one attached hydrogen (secondary N) is 1. The Kier molecular flexibility index (Phi) is 3.53. The number of hydrogen-bond acceptors (Lipinski definition) is 4. The van der Waals surface area contributed by atoms with E-state index in [1.807, 2.05) is 13.8 Å². The van der Waals surface area contributed by atoms with Crippen molar-refractivity contribution in [2.75, 3.05) is 5.43 Å². The van der Waals surface area contributed by atoms with Gasteiger partial charge in [0.1, 0.15) is 5.82 Å². The van der Waals surface area contributed by atoms with Crippen LogP contribution in [0.2, 0.25) is 0 Å². The lowest BCUT2D eigenvalue weighted by molar-refractivity contribution is 1.05. The Morgan fingerprint density at radius 3 is 2.05 bits per heavy atom. The largest absolute Gasteiger partial charge is 0.308 e. The van der Waals surface area contributed by atoms with E-state index in [1.165, 1.54) is 16.7 Å². The molecular weight excluding hydrogens is 236 g/mol. The van der Waals surface area contributed by atoms with Gasteiger partial charge in [0.05, 0.1) is 0 Å². The minimum atomic E-state index is 0.682. The summed E-state index contributed by atoms with van der Waals surface area (Å²) in [6.45, 7) is 10.2. The van der Waals surface area contributed by atoms with Crippen molar-refractivity contribution >= 4 is 5.82 Å². The Morgan fingerprint density at radius 1 is 0.947 bits per heavy atom. The van der Waals surface area contributed by atoms with Gasteiger partial charge in [-0.05, 0) is 45.7 Å². The number of hydrazine groups is 1. The number of aryl methyl sites for hydroxylation is 4. The first-order chi connectivity index (χ1) is 8.93. The molecule has 0 radical (unpaired) electrons. The van der Waals surface area contributed by atoms with Gasteiger partial charge in [-0.2, -0.15) is 0 Å². The van der Waals surface area contributed by atoms with Crippen molar-refractivity contribution in [1.29, 1.82) is 0 Å². The monoisotopic (exact) mass is 256 g/mol. The molecule has 0 aliphatic carbocycles. The standard InChI is InChI=1S/C15H20N4/c1-8-6-9(2)13(10(3)7-8)15-17-12(5)11(4)14(18-15)19-16/h6-7H,16H2,1-5H3,(H,17,18,19). The van der Waals surface area contributed by atoms with Crippen molar-refractivity contribution in [2.45, 2.75) is 34.6 Å². The van der Waals surface area contributed by atoms with Gasteiger partial charge in [-0.3, -0.25) is 0 Å². The Morgan fingerprint density at radius 2 is 1.53 bits per heavy atom. The molecule has 0 saturated carbocycles.